The van der Waals surface area contributed by atoms with E-state index in [1.54, 1.807) is 18.7 Å². The van der Waals surface area contributed by atoms with Crippen LogP contribution in [0.4, 0.5) is 0 Å². The number of rotatable bonds is 3. The molecular weight excluding hydrogens is 166 g/mol. The summed E-state index contributed by atoms with van der Waals surface area (Å²) in [6, 6.07) is -0.536. The fourth-order valence-corrected chi connectivity index (χ4v) is 1.63. The molecule has 0 aliphatic carbocycles. The van der Waals surface area contributed by atoms with Crippen molar-refractivity contribution in [2.75, 3.05) is 12.4 Å². The first-order valence-corrected chi connectivity index (χ1v) is 4.47. The highest BCUT2D eigenvalue weighted by Crippen LogP contribution is 2.17. The Morgan fingerprint density at radius 3 is 3.09 bits per heavy atom. The van der Waals surface area contributed by atoms with Crippen LogP contribution >= 0.6 is 11.8 Å². The van der Waals surface area contributed by atoms with Gasteiger partial charge in [0.25, 0.3) is 0 Å². The van der Waals surface area contributed by atoms with Gasteiger partial charge >= 0.3 is 5.97 Å². The molecule has 0 aromatic rings. The molecule has 5 heteroatoms. The molecule has 2 unspecified atom stereocenters. The Morgan fingerprint density at radius 2 is 2.64 bits per heavy atom. The van der Waals surface area contributed by atoms with E-state index in [-0.39, 0.29) is 5.56 Å². The second-order valence-electron chi connectivity index (χ2n) is 2.30. The zero-order chi connectivity index (χ0) is 8.27. The smallest absolute Gasteiger partial charge is 0.320 e. The molecule has 11 heavy (non-hydrogen) atoms. The summed E-state index contributed by atoms with van der Waals surface area (Å²) in [5, 5.41) is 11.3. The number of hydrogen-bond acceptors (Lipinski definition) is 4. The van der Waals surface area contributed by atoms with Gasteiger partial charge in [0.05, 0.1) is 6.61 Å². The Bertz CT molecular complexity index is 147. The van der Waals surface area contributed by atoms with Gasteiger partial charge in [-0.05, 0) is 6.92 Å². The van der Waals surface area contributed by atoms with E-state index >= 15 is 0 Å². The van der Waals surface area contributed by atoms with Crippen molar-refractivity contribution in [1.29, 1.82) is 0 Å². The molecule has 1 aliphatic heterocycles. The van der Waals surface area contributed by atoms with Crippen molar-refractivity contribution in [3.63, 3.8) is 0 Å². The van der Waals surface area contributed by atoms with Crippen LogP contribution in [0.5, 0.6) is 0 Å². The number of hydrogen-bond donors (Lipinski definition) is 2. The van der Waals surface area contributed by atoms with Gasteiger partial charge in [-0.3, -0.25) is 10.1 Å². The number of ether oxygens (including phenoxy) is 1. The van der Waals surface area contributed by atoms with Crippen molar-refractivity contribution in [3.05, 3.63) is 0 Å². The fourth-order valence-electron chi connectivity index (χ4n) is 0.730. The van der Waals surface area contributed by atoms with E-state index in [1.165, 1.54) is 0 Å². The molecule has 1 heterocycles. The van der Waals surface area contributed by atoms with E-state index in [1.807, 2.05) is 0 Å². The second kappa shape index (κ2) is 3.94. The highest BCUT2D eigenvalue weighted by molar-refractivity contribution is 7.99. The van der Waals surface area contributed by atoms with Crippen molar-refractivity contribution in [1.82, 2.24) is 5.32 Å². The van der Waals surface area contributed by atoms with Gasteiger partial charge in [0.2, 0.25) is 0 Å². The first-order valence-electron chi connectivity index (χ1n) is 3.42. The standard InChI is InChI=1S/C6H11NO3S/c1-4(5(8)9)7-6-10-2-3-11-6/h4,6-7H,2-3H2,1H3,(H,8,9). The van der Waals surface area contributed by atoms with E-state index in [2.05, 4.69) is 5.32 Å². The van der Waals surface area contributed by atoms with Crippen molar-refractivity contribution in [3.8, 4) is 0 Å². The zero-order valence-electron chi connectivity index (χ0n) is 6.24. The lowest BCUT2D eigenvalue weighted by Gasteiger charge is -2.13. The molecule has 0 aromatic carbocycles. The van der Waals surface area contributed by atoms with Crippen LogP contribution in [0.25, 0.3) is 0 Å². The van der Waals surface area contributed by atoms with Gasteiger partial charge in [-0.2, -0.15) is 0 Å². The Hall–Kier alpha value is -0.260. The third-order valence-electron chi connectivity index (χ3n) is 1.38. The molecule has 1 rings (SSSR count). The van der Waals surface area contributed by atoms with Gasteiger partial charge < -0.3 is 9.84 Å². The van der Waals surface area contributed by atoms with Crippen LogP contribution in [0, 0.1) is 0 Å². The van der Waals surface area contributed by atoms with E-state index in [9.17, 15) is 4.79 Å². The van der Waals surface area contributed by atoms with Crippen LogP contribution in [0.3, 0.4) is 0 Å². The van der Waals surface area contributed by atoms with E-state index in [0.29, 0.717) is 6.61 Å². The molecule has 1 fully saturated rings. The summed E-state index contributed by atoms with van der Waals surface area (Å²) < 4.78 is 5.16. The highest BCUT2D eigenvalue weighted by Gasteiger charge is 2.20. The molecule has 1 aliphatic rings. The number of aliphatic carboxylic acids is 1. The number of thioether (sulfide) groups is 1. The molecule has 0 bridgehead atoms. The van der Waals surface area contributed by atoms with Crippen LogP contribution in [0.2, 0.25) is 0 Å². The van der Waals surface area contributed by atoms with Gasteiger partial charge in [0.15, 0.2) is 5.56 Å². The Labute approximate surface area is 69.3 Å². The molecular formula is C6H11NO3S. The molecule has 0 amide bonds. The molecule has 0 aromatic heterocycles. The van der Waals surface area contributed by atoms with Gasteiger partial charge in [-0.1, -0.05) is 0 Å². The average Bonchev–Trinajstić information content (AvgIpc) is 2.39. The molecule has 2 N–H and O–H groups in total. The van der Waals surface area contributed by atoms with Crippen LogP contribution in [-0.2, 0) is 9.53 Å². The third kappa shape index (κ3) is 2.69. The minimum absolute atomic E-state index is 0.138. The number of nitrogens with one attached hydrogen (secondary N) is 1. The highest BCUT2D eigenvalue weighted by atomic mass is 32.2. The third-order valence-corrected chi connectivity index (χ3v) is 2.36. The zero-order valence-corrected chi connectivity index (χ0v) is 7.06. The molecule has 2 atom stereocenters. The SMILES string of the molecule is CC(NC1OCCS1)C(=O)O. The minimum atomic E-state index is -0.846. The van der Waals surface area contributed by atoms with Crippen molar-refractivity contribution < 1.29 is 14.6 Å². The summed E-state index contributed by atoms with van der Waals surface area (Å²) in [5.74, 6) is 0.0883. The summed E-state index contributed by atoms with van der Waals surface area (Å²) in [4.78, 5) is 10.4. The van der Waals surface area contributed by atoms with Crippen molar-refractivity contribution >= 4 is 17.7 Å². The van der Waals surface area contributed by atoms with Gasteiger partial charge in [0.1, 0.15) is 6.04 Å². The van der Waals surface area contributed by atoms with E-state index in [0.717, 1.165) is 5.75 Å². The Morgan fingerprint density at radius 1 is 1.91 bits per heavy atom. The quantitative estimate of drug-likeness (QED) is 0.640. The Balaban J connectivity index is 2.23. The number of carboxylic acid groups (broad SMARTS) is 1. The lowest BCUT2D eigenvalue weighted by Crippen LogP contribution is -2.39. The summed E-state index contributed by atoms with van der Waals surface area (Å²) in [6.07, 6.45) is 0. The fraction of sp³-hybridized carbons (Fsp3) is 0.833. The molecule has 64 valence electrons. The molecule has 4 nitrogen and oxygen atoms in total. The second-order valence-corrected chi connectivity index (χ2v) is 3.47. The molecule has 0 saturated carbocycles. The van der Waals surface area contributed by atoms with E-state index in [4.69, 9.17) is 9.84 Å². The lowest BCUT2D eigenvalue weighted by molar-refractivity contribution is -0.139. The molecule has 0 spiro atoms. The van der Waals surface area contributed by atoms with Crippen LogP contribution in [-0.4, -0.2) is 35.0 Å². The maximum Gasteiger partial charge on any atom is 0.320 e. The average molecular weight is 177 g/mol. The van der Waals surface area contributed by atoms with Gasteiger partial charge in [-0.15, -0.1) is 11.8 Å². The summed E-state index contributed by atoms with van der Waals surface area (Å²) >= 11 is 1.59. The molecule has 1 saturated heterocycles. The lowest BCUT2D eigenvalue weighted by atomic mass is 10.4. The summed E-state index contributed by atoms with van der Waals surface area (Å²) in [7, 11) is 0. The summed E-state index contributed by atoms with van der Waals surface area (Å²) in [5.41, 5.74) is -0.138. The normalized spacial score (nSPS) is 26.8. The van der Waals surface area contributed by atoms with Crippen molar-refractivity contribution in [2.24, 2.45) is 0 Å². The maximum atomic E-state index is 10.4. The number of carboxylic acids is 1. The van der Waals surface area contributed by atoms with Crippen LogP contribution in [0.1, 0.15) is 6.92 Å². The first kappa shape index (κ1) is 8.83. The molecule has 0 radical (unpaired) electrons. The van der Waals surface area contributed by atoms with Gasteiger partial charge in [0, 0.05) is 5.75 Å². The minimum Gasteiger partial charge on any atom is -0.480 e. The first-order chi connectivity index (χ1) is 5.20. The maximum absolute atomic E-state index is 10.4. The van der Waals surface area contributed by atoms with Crippen LogP contribution in [0.15, 0.2) is 0 Å². The van der Waals surface area contributed by atoms with E-state index < -0.39 is 12.0 Å². The monoisotopic (exact) mass is 177 g/mol. The Kier molecular flexibility index (Phi) is 3.16. The number of carbonyl (C=O) groups is 1. The summed E-state index contributed by atoms with van der Waals surface area (Å²) in [6.45, 7) is 2.30. The topological polar surface area (TPSA) is 58.6 Å². The predicted molar refractivity (Wildman–Crippen MR) is 42.4 cm³/mol. The van der Waals surface area contributed by atoms with Crippen LogP contribution < -0.4 is 5.32 Å². The van der Waals surface area contributed by atoms with Crippen molar-refractivity contribution in [2.45, 2.75) is 18.5 Å². The van der Waals surface area contributed by atoms with Gasteiger partial charge in [-0.25, -0.2) is 0 Å². The predicted octanol–water partition coefficient (Wildman–Crippen LogP) is 0.0961. The largest absolute Gasteiger partial charge is 0.480 e.